The van der Waals surface area contributed by atoms with Crippen molar-refractivity contribution in [3.8, 4) is 0 Å². The summed E-state index contributed by atoms with van der Waals surface area (Å²) in [4.78, 5) is 0. The predicted molar refractivity (Wildman–Crippen MR) is 111 cm³/mol. The molecule has 1 saturated heterocycles. The molecule has 0 bridgehead atoms. The minimum absolute atomic E-state index is 0.358. The van der Waals surface area contributed by atoms with Crippen molar-refractivity contribution in [3.05, 3.63) is 66.3 Å². The van der Waals surface area contributed by atoms with E-state index in [1.54, 1.807) is 0 Å². The van der Waals surface area contributed by atoms with Crippen molar-refractivity contribution in [2.24, 2.45) is 0 Å². The van der Waals surface area contributed by atoms with Crippen molar-refractivity contribution >= 4 is 34.5 Å². The van der Waals surface area contributed by atoms with Crippen LogP contribution in [0.4, 0.5) is 0 Å². The number of rotatable bonds is 3. The lowest BCUT2D eigenvalue weighted by Gasteiger charge is -2.32. The molecule has 1 aliphatic heterocycles. The van der Waals surface area contributed by atoms with Gasteiger partial charge in [0, 0.05) is 0 Å². The summed E-state index contributed by atoms with van der Waals surface area (Å²) in [5, 5.41) is 2.50. The van der Waals surface area contributed by atoms with Gasteiger partial charge in [0.05, 0.1) is 11.2 Å². The van der Waals surface area contributed by atoms with Gasteiger partial charge >= 0.3 is 7.12 Å². The molecule has 3 heteroatoms. The lowest BCUT2D eigenvalue weighted by Crippen LogP contribution is -2.41. The molecular weight excluding hydrogens is 319 g/mol. The van der Waals surface area contributed by atoms with Crippen LogP contribution in [0.25, 0.3) is 21.9 Å². The van der Waals surface area contributed by atoms with Gasteiger partial charge in [0.1, 0.15) is 0 Å². The summed E-state index contributed by atoms with van der Waals surface area (Å²) >= 11 is 0. The Kier molecular flexibility index (Phi) is 3.80. The molecule has 1 aliphatic carbocycles. The Hall–Kier alpha value is -2.10. The molecular formula is C23H25BO2. The van der Waals surface area contributed by atoms with Crippen LogP contribution in [0.2, 0.25) is 0 Å². The molecule has 0 saturated carbocycles. The normalized spacial score (nSPS) is 20.6. The smallest absolute Gasteiger partial charge is 0.399 e. The molecule has 2 aromatic carbocycles. The van der Waals surface area contributed by atoms with Crippen molar-refractivity contribution in [1.82, 2.24) is 0 Å². The first-order valence-electron chi connectivity index (χ1n) is 9.22. The van der Waals surface area contributed by atoms with Gasteiger partial charge in [0.2, 0.25) is 0 Å². The lowest BCUT2D eigenvalue weighted by atomic mass is 9.73. The van der Waals surface area contributed by atoms with Crippen molar-refractivity contribution in [3.63, 3.8) is 0 Å². The maximum Gasteiger partial charge on any atom is 0.495 e. The third-order valence-electron chi connectivity index (χ3n) is 5.97. The van der Waals surface area contributed by atoms with E-state index in [0.717, 1.165) is 5.46 Å². The Morgan fingerprint density at radius 1 is 0.962 bits per heavy atom. The topological polar surface area (TPSA) is 18.5 Å². The van der Waals surface area contributed by atoms with E-state index in [9.17, 15) is 0 Å². The zero-order chi connectivity index (χ0) is 18.7. The SMILES string of the molecule is C=CC1=C(/C=C\C)c2c(B3OC(C)(C)C(C)(C)O3)ccc3cccc1c23. The van der Waals surface area contributed by atoms with Gasteiger partial charge in [0.25, 0.3) is 0 Å². The highest BCUT2D eigenvalue weighted by molar-refractivity contribution is 6.64. The van der Waals surface area contributed by atoms with Crippen LogP contribution < -0.4 is 5.46 Å². The molecule has 1 heterocycles. The first kappa shape index (κ1) is 17.3. The third kappa shape index (κ3) is 2.27. The number of allylic oxidation sites excluding steroid dienone is 5. The van der Waals surface area contributed by atoms with Crippen molar-refractivity contribution in [2.75, 3.05) is 0 Å². The molecule has 2 nitrogen and oxygen atoms in total. The Bertz CT molecular complexity index is 963. The quantitative estimate of drug-likeness (QED) is 0.719. The summed E-state index contributed by atoms with van der Waals surface area (Å²) in [6.07, 6.45) is 6.20. The largest absolute Gasteiger partial charge is 0.495 e. The summed E-state index contributed by atoms with van der Waals surface area (Å²) in [6, 6.07) is 10.8. The minimum Gasteiger partial charge on any atom is -0.399 e. The fourth-order valence-electron chi connectivity index (χ4n) is 3.92. The molecule has 0 aromatic heterocycles. The standard InChI is InChI=1S/C23H25BO2/c1-7-10-17-16(8-2)18-12-9-11-15-13-14-19(21(17)20(15)18)24-25-22(3,4)23(5,6)26-24/h7-14H,2H2,1,3-6H3/b10-7-. The molecule has 0 N–H and O–H groups in total. The molecule has 0 unspecified atom stereocenters. The molecule has 1 fully saturated rings. The highest BCUT2D eigenvalue weighted by atomic mass is 16.7. The van der Waals surface area contributed by atoms with E-state index in [-0.39, 0.29) is 18.3 Å². The molecule has 2 aliphatic rings. The van der Waals surface area contributed by atoms with Crippen LogP contribution in [-0.4, -0.2) is 18.3 Å². The summed E-state index contributed by atoms with van der Waals surface area (Å²) in [5.41, 5.74) is 5.19. The molecule has 4 rings (SSSR count). The maximum atomic E-state index is 6.37. The minimum atomic E-state index is -0.378. The van der Waals surface area contributed by atoms with Crippen LogP contribution in [-0.2, 0) is 9.31 Å². The molecule has 0 atom stereocenters. The van der Waals surface area contributed by atoms with E-state index in [4.69, 9.17) is 9.31 Å². The summed E-state index contributed by atoms with van der Waals surface area (Å²) in [6.45, 7) is 14.5. The van der Waals surface area contributed by atoms with Gasteiger partial charge in [-0.25, -0.2) is 0 Å². The average Bonchev–Trinajstić information content (AvgIpc) is 3.01. The van der Waals surface area contributed by atoms with E-state index >= 15 is 0 Å². The summed E-state index contributed by atoms with van der Waals surface area (Å²) < 4.78 is 12.7. The fraction of sp³-hybridized carbons (Fsp3) is 0.304. The van der Waals surface area contributed by atoms with Gasteiger partial charge < -0.3 is 9.31 Å². The van der Waals surface area contributed by atoms with E-state index in [1.807, 2.05) is 13.0 Å². The van der Waals surface area contributed by atoms with E-state index in [0.29, 0.717) is 0 Å². The van der Waals surface area contributed by atoms with Crippen molar-refractivity contribution in [2.45, 2.75) is 45.8 Å². The molecule has 132 valence electrons. The number of hydrogen-bond acceptors (Lipinski definition) is 2. The van der Waals surface area contributed by atoms with Crippen LogP contribution in [0.1, 0.15) is 45.7 Å². The van der Waals surface area contributed by atoms with Crippen molar-refractivity contribution in [1.29, 1.82) is 0 Å². The lowest BCUT2D eigenvalue weighted by molar-refractivity contribution is 0.00578. The number of hydrogen-bond donors (Lipinski definition) is 0. The first-order chi connectivity index (χ1) is 12.3. The molecule has 0 spiro atoms. The molecule has 26 heavy (non-hydrogen) atoms. The maximum absolute atomic E-state index is 6.37. The Labute approximate surface area is 156 Å². The van der Waals surface area contributed by atoms with Gasteiger partial charge in [-0.2, -0.15) is 0 Å². The molecule has 0 radical (unpaired) electrons. The van der Waals surface area contributed by atoms with E-state index < -0.39 is 0 Å². The average molecular weight is 344 g/mol. The predicted octanol–water partition coefficient (Wildman–Crippen LogP) is 5.13. The van der Waals surface area contributed by atoms with Gasteiger partial charge in [-0.3, -0.25) is 0 Å². The zero-order valence-corrected chi connectivity index (χ0v) is 16.2. The molecule has 2 aromatic rings. The van der Waals surface area contributed by atoms with E-state index in [1.165, 1.54) is 33.0 Å². The summed E-state index contributed by atoms with van der Waals surface area (Å²) in [7, 11) is -0.378. The second-order valence-corrected chi connectivity index (χ2v) is 8.05. The van der Waals surface area contributed by atoms with Crippen LogP contribution in [0.15, 0.2) is 55.1 Å². The molecule has 0 amide bonds. The highest BCUT2D eigenvalue weighted by Gasteiger charge is 2.52. The van der Waals surface area contributed by atoms with Gasteiger partial charge in [-0.05, 0) is 73.1 Å². The van der Waals surface area contributed by atoms with Crippen LogP contribution >= 0.6 is 0 Å². The second kappa shape index (κ2) is 5.70. The summed E-state index contributed by atoms with van der Waals surface area (Å²) in [5.74, 6) is 0. The number of benzene rings is 2. The monoisotopic (exact) mass is 344 g/mol. The Morgan fingerprint density at radius 3 is 2.27 bits per heavy atom. The first-order valence-corrected chi connectivity index (χ1v) is 9.22. The van der Waals surface area contributed by atoms with Gasteiger partial charge in [-0.1, -0.05) is 55.1 Å². The Morgan fingerprint density at radius 2 is 1.65 bits per heavy atom. The highest BCUT2D eigenvalue weighted by Crippen LogP contribution is 2.44. The van der Waals surface area contributed by atoms with Gasteiger partial charge in [-0.15, -0.1) is 0 Å². The van der Waals surface area contributed by atoms with E-state index in [2.05, 4.69) is 76.8 Å². The zero-order valence-electron chi connectivity index (χ0n) is 16.2. The van der Waals surface area contributed by atoms with Crippen molar-refractivity contribution < 1.29 is 9.31 Å². The second-order valence-electron chi connectivity index (χ2n) is 8.05. The van der Waals surface area contributed by atoms with Gasteiger partial charge in [0.15, 0.2) is 0 Å². The Balaban J connectivity index is 1.99. The third-order valence-corrected chi connectivity index (χ3v) is 5.97. The van der Waals surface area contributed by atoms with Crippen LogP contribution in [0.3, 0.4) is 0 Å². The fourth-order valence-corrected chi connectivity index (χ4v) is 3.92. The van der Waals surface area contributed by atoms with Crippen LogP contribution in [0, 0.1) is 0 Å². The van der Waals surface area contributed by atoms with Crippen LogP contribution in [0.5, 0.6) is 0 Å².